The lowest BCUT2D eigenvalue weighted by molar-refractivity contribution is 0.411. The second-order valence-electron chi connectivity index (χ2n) is 1.78. The van der Waals surface area contributed by atoms with Crippen LogP contribution in [0.4, 0.5) is 4.39 Å². The van der Waals surface area contributed by atoms with Gasteiger partial charge in [0.25, 0.3) is 0 Å². The summed E-state index contributed by atoms with van der Waals surface area (Å²) < 4.78 is 17.9. The van der Waals surface area contributed by atoms with Gasteiger partial charge in [-0.2, -0.15) is 0 Å². The summed E-state index contributed by atoms with van der Waals surface area (Å²) in [4.78, 5) is 0. The first-order valence-corrected chi connectivity index (χ1v) is 3.52. The second-order valence-corrected chi connectivity index (χ2v) is 2.63. The summed E-state index contributed by atoms with van der Waals surface area (Å²) in [6.45, 7) is 0. The van der Waals surface area contributed by atoms with Crippen molar-refractivity contribution in [3.8, 4) is 5.75 Å². The van der Waals surface area contributed by atoms with Crippen LogP contribution in [0.2, 0.25) is 0 Å². The van der Waals surface area contributed by atoms with Gasteiger partial charge in [-0.15, -0.1) is 0 Å². The Kier molecular flexibility index (Phi) is 5.04. The Labute approximate surface area is 89.2 Å². The Hall–Kier alpha value is 0.196. The zero-order valence-corrected chi connectivity index (χ0v) is 6.98. The van der Waals surface area contributed by atoms with Gasteiger partial charge < -0.3 is 4.74 Å². The van der Waals surface area contributed by atoms with Gasteiger partial charge >= 0.3 is 23.1 Å². The Balaban J connectivity index is 0.000001000. The molecule has 0 atom stereocenters. The zero-order chi connectivity index (χ0) is 7.56. The lowest BCUT2D eigenvalue weighted by Gasteiger charge is -2.00. The molecule has 4 heteroatoms. The molecule has 0 aliphatic rings. The largest absolute Gasteiger partial charge is 0.496 e. The Morgan fingerprint density at radius 2 is 2.09 bits per heavy atom. The number of ether oxygens (including phenoxy) is 1. The number of methoxy groups -OCH3 is 1. The molecular weight excluding hydrogens is 223 g/mol. The summed E-state index contributed by atoms with van der Waals surface area (Å²) in [6.07, 6.45) is 0. The molecule has 0 amide bonds. The standard InChI is InChI=1S/C7H6BrFO.Mg.2H/c1-10-7-3-2-5(9)4-6(7)8;;;/h2-4H,1H3;;;. The van der Waals surface area contributed by atoms with Crippen LogP contribution >= 0.6 is 15.9 Å². The monoisotopic (exact) mass is 230 g/mol. The molecule has 0 aliphatic heterocycles. The molecule has 1 nitrogen and oxygen atoms in total. The maximum absolute atomic E-state index is 12.4. The fourth-order valence-electron chi connectivity index (χ4n) is 0.641. The maximum Gasteiger partial charge on any atom is 0.316 e. The van der Waals surface area contributed by atoms with E-state index in [0.29, 0.717) is 10.2 Å². The average molecular weight is 231 g/mol. The molecule has 1 aromatic rings. The van der Waals surface area contributed by atoms with Crippen LogP contribution in [0.25, 0.3) is 0 Å². The highest BCUT2D eigenvalue weighted by Crippen LogP contribution is 2.24. The maximum atomic E-state index is 12.4. The average Bonchev–Trinajstić information content (AvgIpc) is 1.88. The first-order valence-electron chi connectivity index (χ1n) is 2.73. The Morgan fingerprint density at radius 3 is 2.55 bits per heavy atom. The van der Waals surface area contributed by atoms with Gasteiger partial charge in [-0.1, -0.05) is 0 Å². The van der Waals surface area contributed by atoms with Crippen LogP contribution in [-0.2, 0) is 0 Å². The highest BCUT2D eigenvalue weighted by atomic mass is 79.9. The molecule has 0 fully saturated rings. The number of benzene rings is 1. The minimum atomic E-state index is -0.271. The van der Waals surface area contributed by atoms with Crippen LogP contribution < -0.4 is 4.74 Å². The molecule has 0 aliphatic carbocycles. The van der Waals surface area contributed by atoms with E-state index in [9.17, 15) is 4.39 Å². The molecule has 0 saturated heterocycles. The molecule has 0 aromatic heterocycles. The van der Waals surface area contributed by atoms with Crippen molar-refractivity contribution in [3.05, 3.63) is 28.5 Å². The van der Waals surface area contributed by atoms with Gasteiger partial charge in [0.1, 0.15) is 11.6 Å². The van der Waals surface area contributed by atoms with E-state index in [1.165, 1.54) is 19.2 Å². The molecule has 0 heterocycles. The van der Waals surface area contributed by atoms with E-state index < -0.39 is 0 Å². The molecule has 0 N–H and O–H groups in total. The highest BCUT2D eigenvalue weighted by Gasteiger charge is 1.98. The normalized spacial score (nSPS) is 8.64. The van der Waals surface area contributed by atoms with Gasteiger partial charge in [0, 0.05) is 0 Å². The molecule has 1 aromatic carbocycles. The Bertz CT molecular complexity index is 242. The van der Waals surface area contributed by atoms with Crippen LogP contribution in [0.15, 0.2) is 22.7 Å². The summed E-state index contributed by atoms with van der Waals surface area (Å²) in [6, 6.07) is 4.28. The van der Waals surface area contributed by atoms with Gasteiger partial charge in [-0.25, -0.2) is 4.39 Å². The molecular formula is C7H8BrFMgO. The third-order valence-electron chi connectivity index (χ3n) is 1.11. The lowest BCUT2D eigenvalue weighted by atomic mass is 10.3. The van der Waals surface area contributed by atoms with E-state index in [1.807, 2.05) is 0 Å². The third kappa shape index (κ3) is 2.97. The van der Waals surface area contributed by atoms with Crippen molar-refractivity contribution in [3.63, 3.8) is 0 Å². The van der Waals surface area contributed by atoms with Crippen molar-refractivity contribution >= 4 is 39.0 Å². The van der Waals surface area contributed by atoms with E-state index in [0.717, 1.165) is 0 Å². The molecule has 0 saturated carbocycles. The fourth-order valence-corrected chi connectivity index (χ4v) is 1.15. The van der Waals surface area contributed by atoms with Crippen molar-refractivity contribution in [1.29, 1.82) is 0 Å². The van der Waals surface area contributed by atoms with Gasteiger partial charge in [0.2, 0.25) is 0 Å². The van der Waals surface area contributed by atoms with Gasteiger partial charge in [0.15, 0.2) is 0 Å². The van der Waals surface area contributed by atoms with E-state index >= 15 is 0 Å². The van der Waals surface area contributed by atoms with E-state index in [-0.39, 0.29) is 28.9 Å². The van der Waals surface area contributed by atoms with Crippen LogP contribution in [-0.4, -0.2) is 30.2 Å². The van der Waals surface area contributed by atoms with E-state index in [2.05, 4.69) is 15.9 Å². The molecule has 0 radical (unpaired) electrons. The predicted molar refractivity (Wildman–Crippen MR) is 49.2 cm³/mol. The smallest absolute Gasteiger partial charge is 0.316 e. The van der Waals surface area contributed by atoms with Crippen LogP contribution in [0.1, 0.15) is 0 Å². The summed E-state index contributed by atoms with van der Waals surface area (Å²) in [5.41, 5.74) is 0. The first-order chi connectivity index (χ1) is 4.74. The van der Waals surface area contributed by atoms with E-state index in [4.69, 9.17) is 4.74 Å². The summed E-state index contributed by atoms with van der Waals surface area (Å²) in [7, 11) is 1.54. The van der Waals surface area contributed by atoms with Gasteiger partial charge in [0.05, 0.1) is 11.6 Å². The molecule has 0 bridgehead atoms. The topological polar surface area (TPSA) is 9.23 Å². The molecule has 1 rings (SSSR count). The molecule has 0 unspecified atom stereocenters. The van der Waals surface area contributed by atoms with Crippen molar-refractivity contribution in [2.75, 3.05) is 7.11 Å². The van der Waals surface area contributed by atoms with Crippen molar-refractivity contribution < 1.29 is 9.13 Å². The number of hydrogen-bond acceptors (Lipinski definition) is 1. The predicted octanol–water partition coefficient (Wildman–Crippen LogP) is 1.68. The van der Waals surface area contributed by atoms with Crippen molar-refractivity contribution in [1.82, 2.24) is 0 Å². The number of hydrogen-bond donors (Lipinski definition) is 0. The zero-order valence-electron chi connectivity index (χ0n) is 5.40. The number of halogens is 2. The molecule has 0 spiro atoms. The lowest BCUT2D eigenvalue weighted by Crippen LogP contribution is -1.84. The summed E-state index contributed by atoms with van der Waals surface area (Å²) >= 11 is 3.14. The van der Waals surface area contributed by atoms with Gasteiger partial charge in [-0.3, -0.25) is 0 Å². The minimum absolute atomic E-state index is 0. The van der Waals surface area contributed by atoms with E-state index in [1.54, 1.807) is 6.07 Å². The minimum Gasteiger partial charge on any atom is -0.496 e. The van der Waals surface area contributed by atoms with Crippen LogP contribution in [0.5, 0.6) is 5.75 Å². The number of rotatable bonds is 1. The fraction of sp³-hybridized carbons (Fsp3) is 0.143. The van der Waals surface area contributed by atoms with Crippen LogP contribution in [0.3, 0.4) is 0 Å². The summed E-state index contributed by atoms with van der Waals surface area (Å²) in [5.74, 6) is 0.370. The van der Waals surface area contributed by atoms with Crippen LogP contribution in [0, 0.1) is 5.82 Å². The first kappa shape index (κ1) is 11.2. The quantitative estimate of drug-likeness (QED) is 0.668. The SMILES string of the molecule is COc1ccc(F)cc1Br.[MgH2]. The third-order valence-corrected chi connectivity index (χ3v) is 1.73. The van der Waals surface area contributed by atoms with Crippen molar-refractivity contribution in [2.24, 2.45) is 0 Å². The Morgan fingerprint density at radius 1 is 1.45 bits per heavy atom. The highest BCUT2D eigenvalue weighted by molar-refractivity contribution is 9.10. The van der Waals surface area contributed by atoms with Gasteiger partial charge in [-0.05, 0) is 34.1 Å². The summed E-state index contributed by atoms with van der Waals surface area (Å²) in [5, 5.41) is 0. The molecule has 58 valence electrons. The van der Waals surface area contributed by atoms with Crippen molar-refractivity contribution in [2.45, 2.75) is 0 Å². The second kappa shape index (κ2) is 4.95. The molecule has 11 heavy (non-hydrogen) atoms.